The van der Waals surface area contributed by atoms with Crippen LogP contribution in [0.5, 0.6) is 5.75 Å². The highest BCUT2D eigenvalue weighted by Crippen LogP contribution is 2.28. The zero-order chi connectivity index (χ0) is 18.4. The molecule has 6 heteroatoms. The number of rotatable bonds is 7. The first-order valence-electron chi connectivity index (χ1n) is 7.77. The predicted molar refractivity (Wildman–Crippen MR) is 104 cm³/mol. The molecule has 1 amide bonds. The normalized spacial score (nSPS) is 11.5. The molecule has 1 atom stereocenters. The quantitative estimate of drug-likeness (QED) is 0.729. The van der Waals surface area contributed by atoms with Gasteiger partial charge in [-0.3, -0.25) is 4.79 Å². The van der Waals surface area contributed by atoms with Gasteiger partial charge in [0.05, 0.1) is 5.02 Å². The third kappa shape index (κ3) is 5.15. The monoisotopic (exact) mass is 378 g/mol. The van der Waals surface area contributed by atoms with Crippen molar-refractivity contribution in [3.8, 4) is 5.75 Å². The summed E-state index contributed by atoms with van der Waals surface area (Å²) in [6.07, 6.45) is 1.09. The van der Waals surface area contributed by atoms with Gasteiger partial charge in [0.15, 0.2) is 6.10 Å². The predicted octanol–water partition coefficient (Wildman–Crippen LogP) is 4.76. The Morgan fingerprint density at radius 1 is 1.28 bits per heavy atom. The molecule has 2 aromatic rings. The van der Waals surface area contributed by atoms with Gasteiger partial charge in [-0.2, -0.15) is 0 Å². The second-order valence-corrected chi connectivity index (χ2v) is 6.27. The summed E-state index contributed by atoms with van der Waals surface area (Å²) in [6.45, 7) is 5.84. The summed E-state index contributed by atoms with van der Waals surface area (Å²) in [7, 11) is 1.84. The first-order valence-corrected chi connectivity index (χ1v) is 8.52. The first-order chi connectivity index (χ1) is 11.9. The van der Waals surface area contributed by atoms with Crippen LogP contribution in [-0.4, -0.2) is 19.1 Å². The minimum Gasteiger partial charge on any atom is -0.479 e. The van der Waals surface area contributed by atoms with E-state index in [-0.39, 0.29) is 5.91 Å². The lowest BCUT2D eigenvalue weighted by atomic mass is 10.1. The van der Waals surface area contributed by atoms with Gasteiger partial charge < -0.3 is 15.4 Å². The minimum atomic E-state index is -0.685. The number of amides is 1. The molecule has 25 heavy (non-hydrogen) atoms. The highest BCUT2D eigenvalue weighted by molar-refractivity contribution is 6.35. The zero-order valence-electron chi connectivity index (χ0n) is 14.1. The number of ether oxygens (including phenoxy) is 1. The van der Waals surface area contributed by atoms with E-state index in [2.05, 4.69) is 17.2 Å². The molecular weight excluding hydrogens is 359 g/mol. The van der Waals surface area contributed by atoms with E-state index in [1.54, 1.807) is 31.2 Å². The van der Waals surface area contributed by atoms with E-state index in [9.17, 15) is 4.79 Å². The van der Waals surface area contributed by atoms with Crippen LogP contribution in [0.1, 0.15) is 18.1 Å². The number of anilines is 1. The molecule has 132 valence electrons. The van der Waals surface area contributed by atoms with Crippen LogP contribution in [0, 0.1) is 0 Å². The fourth-order valence-corrected chi connectivity index (χ4v) is 2.71. The molecule has 0 aromatic heterocycles. The van der Waals surface area contributed by atoms with E-state index in [4.69, 9.17) is 27.9 Å². The maximum atomic E-state index is 12.2. The molecule has 0 aliphatic carbocycles. The van der Waals surface area contributed by atoms with Crippen molar-refractivity contribution >= 4 is 40.9 Å². The first kappa shape index (κ1) is 19.2. The lowest BCUT2D eigenvalue weighted by Gasteiger charge is -2.16. The Kier molecular flexibility index (Phi) is 6.73. The molecule has 0 bridgehead atoms. The summed E-state index contributed by atoms with van der Waals surface area (Å²) >= 11 is 11.9. The third-order valence-electron chi connectivity index (χ3n) is 3.64. The highest BCUT2D eigenvalue weighted by atomic mass is 35.5. The number of carbonyl (C=O) groups excluding carboxylic acids is 1. The maximum Gasteiger partial charge on any atom is 0.261 e. The van der Waals surface area contributed by atoms with Gasteiger partial charge in [-0.1, -0.05) is 48.0 Å². The molecule has 1 unspecified atom stereocenters. The van der Waals surface area contributed by atoms with E-state index in [1.165, 1.54) is 0 Å². The van der Waals surface area contributed by atoms with E-state index in [1.807, 2.05) is 25.2 Å². The molecule has 0 saturated carbocycles. The Hall–Kier alpha value is -2.17. The lowest BCUT2D eigenvalue weighted by Crippen LogP contribution is -2.36. The molecule has 0 aliphatic rings. The van der Waals surface area contributed by atoms with Crippen molar-refractivity contribution in [1.29, 1.82) is 0 Å². The van der Waals surface area contributed by atoms with Crippen molar-refractivity contribution in [3.05, 3.63) is 64.1 Å². The zero-order valence-corrected chi connectivity index (χ0v) is 15.6. The molecule has 2 N–H and O–H groups in total. The number of hydrogen-bond acceptors (Lipinski definition) is 3. The number of hydrogen-bond donors (Lipinski definition) is 2. The van der Waals surface area contributed by atoms with E-state index in [0.717, 1.165) is 16.8 Å². The van der Waals surface area contributed by atoms with Crippen molar-refractivity contribution in [2.24, 2.45) is 0 Å². The van der Waals surface area contributed by atoms with Crippen LogP contribution < -0.4 is 15.4 Å². The maximum absolute atomic E-state index is 12.2. The molecule has 0 aliphatic heterocycles. The van der Waals surface area contributed by atoms with Gasteiger partial charge in [-0.25, -0.2) is 0 Å². The number of carbonyl (C=O) groups is 1. The smallest absolute Gasteiger partial charge is 0.261 e. The summed E-state index contributed by atoms with van der Waals surface area (Å²) in [6, 6.07) is 10.7. The van der Waals surface area contributed by atoms with Crippen LogP contribution in [-0.2, 0) is 11.3 Å². The van der Waals surface area contributed by atoms with E-state index >= 15 is 0 Å². The molecule has 2 aromatic carbocycles. The Bertz CT molecular complexity index is 778. The Morgan fingerprint density at radius 3 is 2.68 bits per heavy atom. The molecule has 0 fully saturated rings. The summed E-state index contributed by atoms with van der Waals surface area (Å²) in [5.41, 5.74) is 2.94. The van der Waals surface area contributed by atoms with Gasteiger partial charge in [0.25, 0.3) is 5.91 Å². The van der Waals surface area contributed by atoms with Crippen LogP contribution in [0.15, 0.2) is 43.0 Å². The topological polar surface area (TPSA) is 50.4 Å². The van der Waals surface area contributed by atoms with Gasteiger partial charge in [-0.05, 0) is 42.3 Å². The molecule has 2 rings (SSSR count). The third-order valence-corrected chi connectivity index (χ3v) is 4.17. The van der Waals surface area contributed by atoms with Crippen LogP contribution in [0.4, 0.5) is 5.69 Å². The molecule has 4 nitrogen and oxygen atoms in total. The summed E-state index contributed by atoms with van der Waals surface area (Å²) in [5.74, 6) is 0.186. The van der Waals surface area contributed by atoms with Gasteiger partial charge in [0, 0.05) is 24.3 Å². The van der Waals surface area contributed by atoms with E-state index in [0.29, 0.717) is 22.3 Å². The second kappa shape index (κ2) is 8.79. The Morgan fingerprint density at radius 2 is 2.04 bits per heavy atom. The molecule has 0 spiro atoms. The SMILES string of the molecule is C=Cc1ccc(CNC(=O)C(C)Oc2ccc(Cl)cc2Cl)cc1NC. The lowest BCUT2D eigenvalue weighted by molar-refractivity contribution is -0.127. The van der Waals surface area contributed by atoms with Crippen LogP contribution in [0.3, 0.4) is 0 Å². The summed E-state index contributed by atoms with van der Waals surface area (Å²) in [4.78, 5) is 12.2. The fraction of sp³-hybridized carbons (Fsp3) is 0.211. The molecular formula is C19H20Cl2N2O2. The van der Waals surface area contributed by atoms with Crippen LogP contribution in [0.2, 0.25) is 10.0 Å². The largest absolute Gasteiger partial charge is 0.479 e. The van der Waals surface area contributed by atoms with Crippen molar-refractivity contribution in [2.45, 2.75) is 19.6 Å². The molecule has 0 saturated heterocycles. The van der Waals surface area contributed by atoms with Crippen molar-refractivity contribution in [1.82, 2.24) is 5.32 Å². The summed E-state index contributed by atoms with van der Waals surface area (Å²) in [5, 5.41) is 6.84. The van der Waals surface area contributed by atoms with Crippen molar-refractivity contribution < 1.29 is 9.53 Å². The van der Waals surface area contributed by atoms with Gasteiger partial charge >= 0.3 is 0 Å². The fourth-order valence-electron chi connectivity index (χ4n) is 2.26. The van der Waals surface area contributed by atoms with Crippen molar-refractivity contribution in [2.75, 3.05) is 12.4 Å². The molecule has 0 heterocycles. The average Bonchev–Trinajstić information content (AvgIpc) is 2.61. The van der Waals surface area contributed by atoms with Crippen LogP contribution >= 0.6 is 23.2 Å². The Balaban J connectivity index is 1.96. The standard InChI is InChI=1S/C19H20Cl2N2O2/c1-4-14-6-5-13(9-17(14)22-3)11-23-19(24)12(2)25-18-8-7-15(20)10-16(18)21/h4-10,12,22H,1,11H2,2-3H3,(H,23,24). The Labute approximate surface area is 157 Å². The van der Waals surface area contributed by atoms with Gasteiger partial charge in [-0.15, -0.1) is 0 Å². The number of nitrogens with one attached hydrogen (secondary N) is 2. The second-order valence-electron chi connectivity index (χ2n) is 5.43. The number of halogens is 2. The van der Waals surface area contributed by atoms with Crippen molar-refractivity contribution in [3.63, 3.8) is 0 Å². The summed E-state index contributed by atoms with van der Waals surface area (Å²) < 4.78 is 5.60. The highest BCUT2D eigenvalue weighted by Gasteiger charge is 2.16. The van der Waals surface area contributed by atoms with Gasteiger partial charge in [0.1, 0.15) is 5.75 Å². The van der Waals surface area contributed by atoms with Crippen LogP contribution in [0.25, 0.3) is 6.08 Å². The minimum absolute atomic E-state index is 0.232. The van der Waals surface area contributed by atoms with Gasteiger partial charge in [0.2, 0.25) is 0 Å². The molecule has 0 radical (unpaired) electrons. The van der Waals surface area contributed by atoms with E-state index < -0.39 is 6.10 Å². The number of benzene rings is 2. The average molecular weight is 379 g/mol.